The van der Waals surface area contributed by atoms with Crippen LogP contribution in [0.25, 0.3) is 0 Å². The zero-order valence-corrected chi connectivity index (χ0v) is 12.2. The fourth-order valence-corrected chi connectivity index (χ4v) is 3.15. The summed E-state index contributed by atoms with van der Waals surface area (Å²) in [5.74, 6) is 0. The van der Waals surface area contributed by atoms with Crippen molar-refractivity contribution < 1.29 is 9.90 Å². The van der Waals surface area contributed by atoms with Gasteiger partial charge >= 0.3 is 6.03 Å². The zero-order chi connectivity index (χ0) is 13.7. The van der Waals surface area contributed by atoms with Crippen LogP contribution in [0.4, 0.5) is 4.79 Å². The highest BCUT2D eigenvalue weighted by Crippen LogP contribution is 2.20. The van der Waals surface area contributed by atoms with Crippen LogP contribution in [-0.4, -0.2) is 35.7 Å². The topological polar surface area (TPSA) is 52.6 Å². The number of thiophene rings is 1. The highest BCUT2D eigenvalue weighted by Gasteiger charge is 2.20. The lowest BCUT2D eigenvalue weighted by molar-refractivity contribution is 0.132. The third-order valence-electron chi connectivity index (χ3n) is 3.60. The van der Waals surface area contributed by atoms with Crippen molar-refractivity contribution in [1.82, 2.24) is 10.2 Å². The van der Waals surface area contributed by atoms with Crippen LogP contribution in [0.5, 0.6) is 0 Å². The first-order valence-corrected chi connectivity index (χ1v) is 7.78. The molecule has 1 aliphatic carbocycles. The third kappa shape index (κ3) is 4.21. The molecule has 1 saturated carbocycles. The number of carbonyl (C=O) groups is 1. The minimum absolute atomic E-state index is 0.0810. The molecule has 1 fully saturated rings. The highest BCUT2D eigenvalue weighted by molar-refractivity contribution is 7.10. The number of nitrogens with zero attached hydrogens (tertiary/aromatic N) is 1. The van der Waals surface area contributed by atoms with E-state index in [0.717, 1.165) is 17.7 Å². The Balaban J connectivity index is 1.78. The number of carbonyl (C=O) groups excluding carboxylic acids is 1. The average molecular weight is 282 g/mol. The molecule has 0 aromatic carbocycles. The third-order valence-corrected chi connectivity index (χ3v) is 4.57. The summed E-state index contributed by atoms with van der Waals surface area (Å²) in [6.45, 7) is 0.332. The lowest BCUT2D eigenvalue weighted by Gasteiger charge is -2.27. The molecule has 1 heterocycles. The van der Waals surface area contributed by atoms with Gasteiger partial charge < -0.3 is 15.3 Å². The standard InChI is InChI=1S/C14H22N2O2S/c1-16(10-12(17)13-8-5-9-19-13)14(18)15-11-6-3-2-4-7-11/h5,8-9,11-12,17H,2-4,6-7,10H2,1H3,(H,15,18). The molecule has 2 amide bonds. The molecular formula is C14H22N2O2S. The molecule has 0 aliphatic heterocycles. The van der Waals surface area contributed by atoms with Gasteiger partial charge in [-0.25, -0.2) is 4.79 Å². The fourth-order valence-electron chi connectivity index (χ4n) is 2.44. The van der Waals surface area contributed by atoms with E-state index in [2.05, 4.69) is 5.32 Å². The van der Waals surface area contributed by atoms with Gasteiger partial charge in [-0.15, -0.1) is 11.3 Å². The number of rotatable bonds is 4. The number of aliphatic hydroxyl groups is 1. The number of hydrogen-bond acceptors (Lipinski definition) is 3. The average Bonchev–Trinajstić information content (AvgIpc) is 2.93. The maximum Gasteiger partial charge on any atom is 0.317 e. The summed E-state index contributed by atoms with van der Waals surface area (Å²) in [5.41, 5.74) is 0. The molecule has 1 aromatic rings. The van der Waals surface area contributed by atoms with Gasteiger partial charge in [0, 0.05) is 18.0 Å². The Bertz CT molecular complexity index is 388. The van der Waals surface area contributed by atoms with Gasteiger partial charge in [0.1, 0.15) is 6.10 Å². The van der Waals surface area contributed by atoms with Crippen LogP contribution < -0.4 is 5.32 Å². The second-order valence-corrected chi connectivity index (χ2v) is 6.18. The van der Waals surface area contributed by atoms with Crippen molar-refractivity contribution in [3.05, 3.63) is 22.4 Å². The highest BCUT2D eigenvalue weighted by atomic mass is 32.1. The summed E-state index contributed by atoms with van der Waals surface area (Å²) in [6.07, 6.45) is 5.24. The molecule has 1 aromatic heterocycles. The Kier molecular flexibility index (Phi) is 5.22. The van der Waals surface area contributed by atoms with E-state index in [1.54, 1.807) is 11.9 Å². The second-order valence-electron chi connectivity index (χ2n) is 5.20. The van der Waals surface area contributed by atoms with Gasteiger partial charge in [0.05, 0.1) is 6.54 Å². The minimum Gasteiger partial charge on any atom is -0.386 e. The van der Waals surface area contributed by atoms with Gasteiger partial charge in [-0.05, 0) is 24.3 Å². The summed E-state index contributed by atoms with van der Waals surface area (Å²) in [4.78, 5) is 14.5. The maximum atomic E-state index is 12.0. The molecule has 1 atom stereocenters. The summed E-state index contributed by atoms with van der Waals surface area (Å²) < 4.78 is 0. The first-order valence-electron chi connectivity index (χ1n) is 6.90. The lowest BCUT2D eigenvalue weighted by atomic mass is 9.96. The summed E-state index contributed by atoms with van der Waals surface area (Å²) in [5, 5.41) is 15.0. The molecule has 2 N–H and O–H groups in total. The van der Waals surface area contributed by atoms with E-state index in [4.69, 9.17) is 0 Å². The van der Waals surface area contributed by atoms with Crippen molar-refractivity contribution in [3.63, 3.8) is 0 Å². The predicted molar refractivity (Wildman–Crippen MR) is 77.3 cm³/mol. The number of nitrogens with one attached hydrogen (secondary N) is 1. The molecule has 106 valence electrons. The maximum absolute atomic E-state index is 12.0. The Morgan fingerprint density at radius 3 is 2.89 bits per heavy atom. The number of amides is 2. The van der Waals surface area contributed by atoms with Crippen molar-refractivity contribution in [3.8, 4) is 0 Å². The van der Waals surface area contributed by atoms with E-state index in [1.165, 1.54) is 30.6 Å². The van der Waals surface area contributed by atoms with E-state index in [9.17, 15) is 9.90 Å². The van der Waals surface area contributed by atoms with Gasteiger partial charge in [0.25, 0.3) is 0 Å². The molecule has 1 unspecified atom stereocenters. The zero-order valence-electron chi connectivity index (χ0n) is 11.3. The summed E-state index contributed by atoms with van der Waals surface area (Å²) >= 11 is 1.51. The molecule has 2 rings (SSSR count). The normalized spacial score (nSPS) is 18.0. The smallest absolute Gasteiger partial charge is 0.317 e. The molecular weight excluding hydrogens is 260 g/mol. The van der Waals surface area contributed by atoms with Crippen molar-refractivity contribution >= 4 is 17.4 Å². The number of urea groups is 1. The van der Waals surface area contributed by atoms with E-state index in [0.29, 0.717) is 12.6 Å². The van der Waals surface area contributed by atoms with Crippen molar-refractivity contribution in [2.45, 2.75) is 44.2 Å². The van der Waals surface area contributed by atoms with Gasteiger partial charge in [-0.1, -0.05) is 25.3 Å². The summed E-state index contributed by atoms with van der Waals surface area (Å²) in [6, 6.07) is 4.03. The Hall–Kier alpha value is -1.07. The lowest BCUT2D eigenvalue weighted by Crippen LogP contribution is -2.45. The monoisotopic (exact) mass is 282 g/mol. The molecule has 0 bridgehead atoms. The van der Waals surface area contributed by atoms with Crippen LogP contribution in [0.2, 0.25) is 0 Å². The summed E-state index contributed by atoms with van der Waals surface area (Å²) in [7, 11) is 1.73. The quantitative estimate of drug-likeness (QED) is 0.892. The molecule has 0 spiro atoms. The molecule has 5 heteroatoms. The molecule has 19 heavy (non-hydrogen) atoms. The van der Waals surface area contributed by atoms with Gasteiger partial charge in [0.15, 0.2) is 0 Å². The molecule has 4 nitrogen and oxygen atoms in total. The van der Waals surface area contributed by atoms with Crippen molar-refractivity contribution in [2.75, 3.05) is 13.6 Å². The van der Waals surface area contributed by atoms with Crippen LogP contribution in [0.1, 0.15) is 43.1 Å². The largest absolute Gasteiger partial charge is 0.386 e. The number of likely N-dealkylation sites (N-methyl/N-ethyl adjacent to an activating group) is 1. The number of hydrogen-bond donors (Lipinski definition) is 2. The Labute approximate surface area is 118 Å². The van der Waals surface area contributed by atoms with Gasteiger partial charge in [-0.3, -0.25) is 0 Å². The predicted octanol–water partition coefficient (Wildman–Crippen LogP) is 2.76. The van der Waals surface area contributed by atoms with Crippen LogP contribution >= 0.6 is 11.3 Å². The Morgan fingerprint density at radius 2 is 2.26 bits per heavy atom. The SMILES string of the molecule is CN(CC(O)c1cccs1)C(=O)NC1CCCCC1. The van der Waals surface area contributed by atoms with Gasteiger partial charge in [0.2, 0.25) is 0 Å². The Morgan fingerprint density at radius 1 is 1.53 bits per heavy atom. The van der Waals surface area contributed by atoms with Crippen LogP contribution in [0, 0.1) is 0 Å². The van der Waals surface area contributed by atoms with Crippen molar-refractivity contribution in [1.29, 1.82) is 0 Å². The van der Waals surface area contributed by atoms with E-state index in [-0.39, 0.29) is 6.03 Å². The van der Waals surface area contributed by atoms with Crippen LogP contribution in [0.3, 0.4) is 0 Å². The van der Waals surface area contributed by atoms with Crippen molar-refractivity contribution in [2.24, 2.45) is 0 Å². The van der Waals surface area contributed by atoms with E-state index >= 15 is 0 Å². The first-order chi connectivity index (χ1) is 9.16. The van der Waals surface area contributed by atoms with Crippen LogP contribution in [-0.2, 0) is 0 Å². The van der Waals surface area contributed by atoms with E-state index in [1.807, 2.05) is 17.5 Å². The fraction of sp³-hybridized carbons (Fsp3) is 0.643. The number of aliphatic hydroxyl groups excluding tert-OH is 1. The minimum atomic E-state index is -0.595. The second kappa shape index (κ2) is 6.91. The molecule has 0 saturated heterocycles. The first kappa shape index (κ1) is 14.3. The van der Waals surface area contributed by atoms with Crippen LogP contribution in [0.15, 0.2) is 17.5 Å². The van der Waals surface area contributed by atoms with Gasteiger partial charge in [-0.2, -0.15) is 0 Å². The molecule has 1 aliphatic rings. The van der Waals surface area contributed by atoms with E-state index < -0.39 is 6.10 Å². The molecule has 0 radical (unpaired) electrons.